The van der Waals surface area contributed by atoms with Crippen molar-refractivity contribution in [2.24, 2.45) is 0 Å². The largest absolute Gasteiger partial charge is 0.310 e. The Hall–Kier alpha value is -8.46. The van der Waals surface area contributed by atoms with E-state index in [9.17, 15) is 0 Å². The summed E-state index contributed by atoms with van der Waals surface area (Å²) in [7, 11) is 0. The van der Waals surface area contributed by atoms with Crippen LogP contribution >= 0.6 is 0 Å². The molecule has 0 fully saturated rings. The first-order valence-electron chi connectivity index (χ1n) is 22.1. The first-order chi connectivity index (χ1) is 31.7. The van der Waals surface area contributed by atoms with Gasteiger partial charge >= 0.3 is 0 Å². The minimum Gasteiger partial charge on any atom is -0.310 e. The van der Waals surface area contributed by atoms with Gasteiger partial charge in [0.25, 0.3) is 0 Å². The zero-order valence-corrected chi connectivity index (χ0v) is 35.0. The average molecular weight is 813 g/mol. The third-order valence-electron chi connectivity index (χ3n) is 13.3. The zero-order valence-electron chi connectivity index (χ0n) is 35.0. The molecule has 0 saturated heterocycles. The lowest BCUT2D eigenvalue weighted by Crippen LogP contribution is -2.09. The van der Waals surface area contributed by atoms with Crippen LogP contribution in [0.3, 0.4) is 0 Å². The Morgan fingerprint density at radius 1 is 0.250 bits per heavy atom. The van der Waals surface area contributed by atoms with E-state index >= 15 is 0 Å². The lowest BCUT2D eigenvalue weighted by Gasteiger charge is -2.26. The quantitative estimate of drug-likeness (QED) is 0.146. The number of benzene rings is 12. The van der Waals surface area contributed by atoms with Crippen LogP contribution in [0.4, 0.5) is 17.1 Å². The van der Waals surface area contributed by atoms with Gasteiger partial charge in [-0.1, -0.05) is 182 Å². The molecule has 0 aliphatic carbocycles. The monoisotopic (exact) mass is 812 g/mol. The van der Waals surface area contributed by atoms with Gasteiger partial charge in [-0.05, 0) is 137 Å². The van der Waals surface area contributed by atoms with Crippen molar-refractivity contribution in [1.82, 2.24) is 4.57 Å². The number of hydrogen-bond acceptors (Lipinski definition) is 1. The molecule has 0 aliphatic rings. The molecule has 0 aliphatic heterocycles. The molecule has 64 heavy (non-hydrogen) atoms. The summed E-state index contributed by atoms with van der Waals surface area (Å²) >= 11 is 0. The van der Waals surface area contributed by atoms with Crippen molar-refractivity contribution in [3.8, 4) is 39.1 Å². The molecule has 13 rings (SSSR count). The number of para-hydroxylation sites is 1. The first-order valence-corrected chi connectivity index (χ1v) is 22.1. The smallest absolute Gasteiger partial charge is 0.0553 e. The van der Waals surface area contributed by atoms with Gasteiger partial charge in [-0.25, -0.2) is 0 Å². The number of anilines is 3. The highest BCUT2D eigenvalue weighted by Gasteiger charge is 2.20. The van der Waals surface area contributed by atoms with Crippen LogP contribution in [-0.4, -0.2) is 4.57 Å². The van der Waals surface area contributed by atoms with Crippen molar-refractivity contribution in [1.29, 1.82) is 0 Å². The van der Waals surface area contributed by atoms with Crippen molar-refractivity contribution < 1.29 is 0 Å². The van der Waals surface area contributed by atoms with Gasteiger partial charge < -0.3 is 9.47 Å². The molecule has 0 saturated carbocycles. The summed E-state index contributed by atoms with van der Waals surface area (Å²) < 4.78 is 2.46. The fourth-order valence-corrected chi connectivity index (χ4v) is 10.2. The van der Waals surface area contributed by atoms with Crippen LogP contribution in [0, 0.1) is 0 Å². The molecule has 12 aromatic carbocycles. The Kier molecular flexibility index (Phi) is 8.25. The summed E-state index contributed by atoms with van der Waals surface area (Å²) in [5.41, 5.74) is 14.1. The molecule has 0 bridgehead atoms. The van der Waals surface area contributed by atoms with E-state index in [2.05, 4.69) is 252 Å². The predicted octanol–water partition coefficient (Wildman–Crippen LogP) is 17.3. The third kappa shape index (κ3) is 5.88. The van der Waals surface area contributed by atoms with Crippen molar-refractivity contribution in [2.45, 2.75) is 0 Å². The number of rotatable bonds is 7. The molecule has 0 radical (unpaired) electrons. The standard InChI is InChI=1S/C62H40N2/c1-3-10-41(11-4-1)44-24-31-53(32-25-44)63(55-35-28-42-12-7-8-13-49(42)38-55)54-33-26-45(27-34-54)43-18-20-46(21-19-43)50-30-36-56-58(39-50)64(52-16-5-2-6-17-52)59-40-51-23-22-47-14-9-15-48-29-37-57(62(56)59)61(51)60(47)48/h1-40H. The maximum atomic E-state index is 2.46. The molecular weight excluding hydrogens is 773 g/mol. The summed E-state index contributed by atoms with van der Waals surface area (Å²) in [6.45, 7) is 0. The highest BCUT2D eigenvalue weighted by atomic mass is 15.1. The van der Waals surface area contributed by atoms with Crippen LogP contribution in [0.1, 0.15) is 0 Å². The first kappa shape index (κ1) is 36.2. The lowest BCUT2D eigenvalue weighted by atomic mass is 9.92. The molecular formula is C62H40N2. The van der Waals surface area contributed by atoms with Crippen LogP contribution in [0.25, 0.3) is 104 Å². The van der Waals surface area contributed by atoms with Crippen molar-refractivity contribution >= 4 is 82.0 Å². The van der Waals surface area contributed by atoms with Crippen LogP contribution in [0.5, 0.6) is 0 Å². The van der Waals surface area contributed by atoms with Gasteiger partial charge in [0, 0.05) is 33.5 Å². The van der Waals surface area contributed by atoms with Gasteiger partial charge in [-0.3, -0.25) is 0 Å². The van der Waals surface area contributed by atoms with E-state index in [1.165, 1.54) is 98.3 Å². The fourth-order valence-electron chi connectivity index (χ4n) is 10.2. The molecule has 0 amide bonds. The van der Waals surface area contributed by atoms with Crippen molar-refractivity contribution in [3.05, 3.63) is 243 Å². The predicted molar refractivity (Wildman–Crippen MR) is 273 cm³/mol. The molecule has 1 aromatic heterocycles. The normalized spacial score (nSPS) is 11.8. The molecule has 2 nitrogen and oxygen atoms in total. The molecule has 0 spiro atoms. The highest BCUT2D eigenvalue weighted by molar-refractivity contribution is 6.33. The molecule has 13 aromatic rings. The Balaban J connectivity index is 0.872. The van der Waals surface area contributed by atoms with Gasteiger partial charge in [0.1, 0.15) is 0 Å². The number of hydrogen-bond donors (Lipinski definition) is 0. The van der Waals surface area contributed by atoms with E-state index in [1.54, 1.807) is 0 Å². The van der Waals surface area contributed by atoms with Crippen molar-refractivity contribution in [2.75, 3.05) is 4.90 Å². The second-order valence-electron chi connectivity index (χ2n) is 16.9. The van der Waals surface area contributed by atoms with Crippen molar-refractivity contribution in [3.63, 3.8) is 0 Å². The summed E-state index contributed by atoms with van der Waals surface area (Å²) in [4.78, 5) is 2.35. The van der Waals surface area contributed by atoms with Gasteiger partial charge in [0.05, 0.1) is 11.0 Å². The SMILES string of the molecule is c1ccc(-c2ccc(N(c3ccc(-c4ccc(-c5ccc6c7c8ccc9cccc%10ccc(cc7n(-c7ccccc7)c6c5)c8c%109)cc4)cc3)c3ccc4ccccc4c3)cc2)cc1. The van der Waals surface area contributed by atoms with Crippen LogP contribution in [0.15, 0.2) is 243 Å². The highest BCUT2D eigenvalue weighted by Crippen LogP contribution is 2.44. The van der Waals surface area contributed by atoms with Crippen LogP contribution in [-0.2, 0) is 0 Å². The number of fused-ring (bicyclic) bond motifs is 5. The number of aromatic nitrogens is 1. The van der Waals surface area contributed by atoms with Gasteiger partial charge in [0.15, 0.2) is 0 Å². The third-order valence-corrected chi connectivity index (χ3v) is 13.3. The molecule has 2 heteroatoms. The van der Waals surface area contributed by atoms with Crippen LogP contribution < -0.4 is 4.90 Å². The summed E-state index contributed by atoms with van der Waals surface area (Å²) in [6.07, 6.45) is 0. The van der Waals surface area contributed by atoms with E-state index in [0.29, 0.717) is 0 Å². The fraction of sp³-hybridized carbons (Fsp3) is 0. The second-order valence-corrected chi connectivity index (χ2v) is 16.9. The molecule has 0 N–H and O–H groups in total. The van der Waals surface area contributed by atoms with Gasteiger partial charge in [0.2, 0.25) is 0 Å². The van der Waals surface area contributed by atoms with E-state index in [1.807, 2.05) is 0 Å². The minimum absolute atomic E-state index is 1.11. The Labute approximate surface area is 371 Å². The summed E-state index contributed by atoms with van der Waals surface area (Å²) in [5, 5.41) is 12.9. The second kappa shape index (κ2) is 14.6. The maximum Gasteiger partial charge on any atom is 0.0553 e. The Morgan fingerprint density at radius 3 is 1.42 bits per heavy atom. The Morgan fingerprint density at radius 2 is 0.734 bits per heavy atom. The summed E-state index contributed by atoms with van der Waals surface area (Å²) in [6, 6.07) is 88.9. The zero-order chi connectivity index (χ0) is 42.1. The van der Waals surface area contributed by atoms with Crippen LogP contribution in [0.2, 0.25) is 0 Å². The van der Waals surface area contributed by atoms with E-state index in [-0.39, 0.29) is 0 Å². The van der Waals surface area contributed by atoms with Gasteiger partial charge in [-0.2, -0.15) is 0 Å². The lowest BCUT2D eigenvalue weighted by molar-refractivity contribution is 1.18. The molecule has 0 atom stereocenters. The van der Waals surface area contributed by atoms with E-state index in [0.717, 1.165) is 22.7 Å². The van der Waals surface area contributed by atoms with Gasteiger partial charge in [-0.15, -0.1) is 0 Å². The summed E-state index contributed by atoms with van der Waals surface area (Å²) in [5.74, 6) is 0. The van der Waals surface area contributed by atoms with E-state index in [4.69, 9.17) is 0 Å². The average Bonchev–Trinajstić information content (AvgIpc) is 3.70. The maximum absolute atomic E-state index is 2.46. The molecule has 298 valence electrons. The molecule has 1 heterocycles. The topological polar surface area (TPSA) is 8.17 Å². The Bertz CT molecular complexity index is 3830. The van der Waals surface area contributed by atoms with E-state index < -0.39 is 0 Å². The number of nitrogens with zero attached hydrogens (tertiary/aromatic N) is 2. The molecule has 0 unspecified atom stereocenters. The minimum atomic E-state index is 1.11.